The van der Waals surface area contributed by atoms with Crippen LogP contribution in [0, 0.1) is 5.41 Å². The number of hydrogen-bond donors (Lipinski definition) is 4. The predicted molar refractivity (Wildman–Crippen MR) is 116 cm³/mol. The molecular weight excluding hydrogens is 382 g/mol. The molecule has 9 heteroatoms. The summed E-state index contributed by atoms with van der Waals surface area (Å²) in [6.45, 7) is 4.50. The molecule has 0 bridgehead atoms. The van der Waals surface area contributed by atoms with Gasteiger partial charge in [-0.2, -0.15) is 10.2 Å². The molecule has 9 nitrogen and oxygen atoms in total. The molecule has 0 spiro atoms. The normalized spacial score (nSPS) is 13.2. The molecule has 3 aromatic rings. The molecule has 3 aromatic heterocycles. The summed E-state index contributed by atoms with van der Waals surface area (Å²) in [7, 11) is 0. The minimum Gasteiger partial charge on any atom is -0.394 e. The largest absolute Gasteiger partial charge is 0.394 e. The Bertz CT molecular complexity index is 1000. The number of aliphatic hydroxyl groups is 2. The van der Waals surface area contributed by atoms with Crippen LogP contribution in [-0.2, 0) is 0 Å². The third-order valence-electron chi connectivity index (χ3n) is 5.12. The van der Waals surface area contributed by atoms with Crippen LogP contribution in [0.25, 0.3) is 22.3 Å². The van der Waals surface area contributed by atoms with E-state index < -0.39 is 6.10 Å². The van der Waals surface area contributed by atoms with E-state index in [0.29, 0.717) is 30.3 Å². The third kappa shape index (κ3) is 4.74. The second-order valence-corrected chi connectivity index (χ2v) is 7.14. The first-order chi connectivity index (χ1) is 14.6. The Kier molecular flexibility index (Phi) is 7.31. The van der Waals surface area contributed by atoms with Crippen LogP contribution in [0.1, 0.15) is 44.8 Å². The topological polar surface area (TPSA) is 124 Å². The molecule has 30 heavy (non-hydrogen) atoms. The Morgan fingerprint density at radius 1 is 1.27 bits per heavy atom. The highest BCUT2D eigenvalue weighted by Crippen LogP contribution is 2.26. The van der Waals surface area contributed by atoms with Crippen molar-refractivity contribution in [3.8, 4) is 11.3 Å². The van der Waals surface area contributed by atoms with Crippen molar-refractivity contribution in [2.75, 3.05) is 13.2 Å². The molecule has 1 unspecified atom stereocenters. The Labute approximate surface area is 175 Å². The average Bonchev–Trinajstić information content (AvgIpc) is 3.43. The fourth-order valence-corrected chi connectivity index (χ4v) is 3.31. The van der Waals surface area contributed by atoms with Gasteiger partial charge in [0, 0.05) is 36.3 Å². The highest BCUT2D eigenvalue weighted by Gasteiger charge is 2.15. The fraction of sp³-hybridized carbons (Fsp3) is 0.429. The quantitative estimate of drug-likeness (QED) is 0.283. The Hall–Kier alpha value is -3.04. The lowest BCUT2D eigenvalue weighted by Gasteiger charge is -2.12. The second kappa shape index (κ2) is 10.1. The summed E-state index contributed by atoms with van der Waals surface area (Å²) in [6.07, 6.45) is 11.9. The van der Waals surface area contributed by atoms with E-state index in [2.05, 4.69) is 29.4 Å². The lowest BCUT2D eigenvalue weighted by atomic mass is 10.1. The molecule has 0 saturated heterocycles. The smallest absolute Gasteiger partial charge is 0.0999 e. The van der Waals surface area contributed by atoms with Crippen LogP contribution in [0.5, 0.6) is 0 Å². The van der Waals surface area contributed by atoms with Crippen LogP contribution in [0.2, 0.25) is 0 Å². The first-order valence-corrected chi connectivity index (χ1v) is 10.2. The van der Waals surface area contributed by atoms with E-state index in [-0.39, 0.29) is 6.61 Å². The number of nitrogens with one attached hydrogen (secondary N) is 2. The van der Waals surface area contributed by atoms with Gasteiger partial charge in [-0.15, -0.1) is 0 Å². The number of hydrogen-bond acceptors (Lipinski definition) is 7. The van der Waals surface area contributed by atoms with Gasteiger partial charge in [0.15, 0.2) is 0 Å². The number of rotatable bonds is 11. The van der Waals surface area contributed by atoms with Crippen LogP contribution < -0.4 is 5.32 Å². The van der Waals surface area contributed by atoms with Crippen LogP contribution in [-0.4, -0.2) is 60.1 Å². The third-order valence-corrected chi connectivity index (χ3v) is 5.12. The standard InChI is InChI=1S/C21H29N7O2/c1-3-17(4-2)27-12-16(11-25-27)21-20-6-8-24-28(20)13-19(26-21)15(9-22)10-23-7-5-18(30)14-29/h6,8-13,17-18,22-23,29-30H,3-5,7,14H2,1-2H3/b15-10+,22-9?. The van der Waals surface area contributed by atoms with Crippen LogP contribution >= 0.6 is 0 Å². The number of fused-ring (bicyclic) bond motifs is 1. The van der Waals surface area contributed by atoms with Gasteiger partial charge in [0.2, 0.25) is 0 Å². The Morgan fingerprint density at radius 2 is 2.07 bits per heavy atom. The van der Waals surface area contributed by atoms with Gasteiger partial charge < -0.3 is 20.9 Å². The molecule has 3 heterocycles. The maximum absolute atomic E-state index is 9.44. The molecule has 0 amide bonds. The van der Waals surface area contributed by atoms with Crippen molar-refractivity contribution in [1.29, 1.82) is 5.41 Å². The summed E-state index contributed by atoms with van der Waals surface area (Å²) < 4.78 is 3.73. The number of nitrogens with zero attached hydrogens (tertiary/aromatic N) is 5. The van der Waals surface area contributed by atoms with E-state index >= 15 is 0 Å². The molecule has 0 radical (unpaired) electrons. The SMILES string of the molecule is CCC(CC)n1cc(-c2nc(/C(C=N)=C/NCCC(O)CO)cn3nccc23)cn1. The van der Waals surface area contributed by atoms with Crippen LogP contribution in [0.4, 0.5) is 0 Å². The highest BCUT2D eigenvalue weighted by molar-refractivity contribution is 6.07. The van der Waals surface area contributed by atoms with Gasteiger partial charge in [0.25, 0.3) is 0 Å². The van der Waals surface area contributed by atoms with Gasteiger partial charge >= 0.3 is 0 Å². The van der Waals surface area contributed by atoms with Crippen molar-refractivity contribution in [1.82, 2.24) is 29.7 Å². The minimum atomic E-state index is -0.758. The zero-order valence-electron chi connectivity index (χ0n) is 17.4. The maximum Gasteiger partial charge on any atom is 0.0999 e. The monoisotopic (exact) mass is 411 g/mol. The minimum absolute atomic E-state index is 0.270. The van der Waals surface area contributed by atoms with Gasteiger partial charge in [0.1, 0.15) is 0 Å². The molecule has 0 aliphatic rings. The van der Waals surface area contributed by atoms with Gasteiger partial charge in [-0.1, -0.05) is 13.8 Å². The van der Waals surface area contributed by atoms with E-state index in [0.717, 1.165) is 29.6 Å². The van der Waals surface area contributed by atoms with E-state index in [1.807, 2.05) is 23.1 Å². The van der Waals surface area contributed by atoms with Gasteiger partial charge in [-0.3, -0.25) is 4.68 Å². The zero-order valence-corrected chi connectivity index (χ0v) is 17.4. The Morgan fingerprint density at radius 3 is 2.77 bits per heavy atom. The van der Waals surface area contributed by atoms with E-state index in [1.165, 1.54) is 6.21 Å². The predicted octanol–water partition coefficient (Wildman–Crippen LogP) is 2.28. The molecule has 0 aliphatic heterocycles. The summed E-state index contributed by atoms with van der Waals surface area (Å²) in [5, 5.41) is 38.1. The molecule has 0 aromatic carbocycles. The van der Waals surface area contributed by atoms with Crippen molar-refractivity contribution in [2.24, 2.45) is 0 Å². The van der Waals surface area contributed by atoms with Gasteiger partial charge in [-0.25, -0.2) is 9.50 Å². The Balaban J connectivity index is 1.93. The van der Waals surface area contributed by atoms with Crippen LogP contribution in [0.15, 0.2) is 37.1 Å². The molecule has 0 aliphatic carbocycles. The molecular formula is C21H29N7O2. The summed E-state index contributed by atoms with van der Waals surface area (Å²) in [6, 6.07) is 2.25. The summed E-state index contributed by atoms with van der Waals surface area (Å²) in [5.74, 6) is 0. The van der Waals surface area contributed by atoms with Crippen molar-refractivity contribution in [3.63, 3.8) is 0 Å². The molecule has 1 atom stereocenters. The van der Waals surface area contributed by atoms with E-state index in [9.17, 15) is 5.11 Å². The lowest BCUT2D eigenvalue weighted by molar-refractivity contribution is 0.0891. The fourth-order valence-electron chi connectivity index (χ4n) is 3.31. The van der Waals surface area contributed by atoms with E-state index in [4.69, 9.17) is 15.5 Å². The molecule has 160 valence electrons. The molecule has 3 rings (SSSR count). The van der Waals surface area contributed by atoms with E-state index in [1.54, 1.807) is 23.1 Å². The number of allylic oxidation sites excluding steroid dienone is 1. The van der Waals surface area contributed by atoms with Crippen LogP contribution in [0.3, 0.4) is 0 Å². The highest BCUT2D eigenvalue weighted by atomic mass is 16.3. The zero-order chi connectivity index (χ0) is 21.5. The van der Waals surface area contributed by atoms with Crippen molar-refractivity contribution < 1.29 is 10.2 Å². The maximum atomic E-state index is 9.44. The van der Waals surface area contributed by atoms with Gasteiger partial charge in [-0.05, 0) is 25.3 Å². The summed E-state index contributed by atoms with van der Waals surface area (Å²) in [5.41, 5.74) is 3.70. The van der Waals surface area contributed by atoms with Crippen molar-refractivity contribution in [2.45, 2.75) is 45.3 Å². The lowest BCUT2D eigenvalue weighted by Crippen LogP contribution is -2.19. The van der Waals surface area contributed by atoms with Crippen molar-refractivity contribution in [3.05, 3.63) is 42.7 Å². The molecule has 4 N–H and O–H groups in total. The summed E-state index contributed by atoms with van der Waals surface area (Å²) in [4.78, 5) is 4.81. The van der Waals surface area contributed by atoms with Gasteiger partial charge in [0.05, 0.1) is 54.2 Å². The first kappa shape index (κ1) is 21.7. The number of aromatic nitrogens is 5. The molecule has 0 saturated carbocycles. The second-order valence-electron chi connectivity index (χ2n) is 7.14. The first-order valence-electron chi connectivity index (χ1n) is 10.2. The molecule has 0 fully saturated rings. The number of aliphatic hydroxyl groups excluding tert-OH is 2. The van der Waals surface area contributed by atoms with Crippen molar-refractivity contribution >= 4 is 17.3 Å². The summed E-state index contributed by atoms with van der Waals surface area (Å²) >= 11 is 0. The average molecular weight is 412 g/mol.